The van der Waals surface area contributed by atoms with Crippen LogP contribution in [0.4, 0.5) is 5.69 Å². The minimum absolute atomic E-state index is 0.0923. The van der Waals surface area contributed by atoms with E-state index in [0.717, 1.165) is 38.6 Å². The maximum Gasteiger partial charge on any atom is 0.284 e. The Morgan fingerprint density at radius 2 is 1.87 bits per heavy atom. The quantitative estimate of drug-likeness (QED) is 0.717. The highest BCUT2D eigenvalue weighted by atomic mass is 32.2. The van der Waals surface area contributed by atoms with Crippen molar-refractivity contribution in [3.8, 4) is 0 Å². The van der Waals surface area contributed by atoms with Crippen molar-refractivity contribution in [1.29, 1.82) is 0 Å². The molecule has 0 saturated carbocycles. The van der Waals surface area contributed by atoms with Gasteiger partial charge in [0.1, 0.15) is 5.84 Å². The summed E-state index contributed by atoms with van der Waals surface area (Å²) in [4.78, 5) is 14.3. The molecule has 0 spiro atoms. The molecule has 160 valence electrons. The number of amides is 1. The van der Waals surface area contributed by atoms with E-state index in [0.29, 0.717) is 24.4 Å². The highest BCUT2D eigenvalue weighted by Crippen LogP contribution is 2.20. The average molecular weight is 428 g/mol. The van der Waals surface area contributed by atoms with Crippen LogP contribution in [0.25, 0.3) is 0 Å². The van der Waals surface area contributed by atoms with Crippen molar-refractivity contribution in [3.63, 3.8) is 0 Å². The number of anilines is 1. The van der Waals surface area contributed by atoms with Crippen LogP contribution in [-0.2, 0) is 21.2 Å². The molecule has 0 aromatic heterocycles. The number of hydrogen-bond donors (Lipinski definition) is 1. The smallest absolute Gasteiger partial charge is 0.284 e. The van der Waals surface area contributed by atoms with E-state index in [1.165, 1.54) is 17.7 Å². The van der Waals surface area contributed by atoms with Crippen molar-refractivity contribution in [1.82, 2.24) is 4.90 Å². The minimum atomic E-state index is -3.83. The van der Waals surface area contributed by atoms with E-state index < -0.39 is 10.0 Å². The second kappa shape index (κ2) is 10.4. The Morgan fingerprint density at radius 3 is 2.67 bits per heavy atom. The summed E-state index contributed by atoms with van der Waals surface area (Å²) >= 11 is 0. The van der Waals surface area contributed by atoms with Crippen LogP contribution in [0.1, 0.15) is 44.1 Å². The molecule has 30 heavy (non-hydrogen) atoms. The fraction of sp³-hybridized carbons (Fsp3) is 0.391. The maximum atomic E-state index is 12.8. The lowest BCUT2D eigenvalue weighted by Gasteiger charge is -2.17. The Balaban J connectivity index is 1.62. The third-order valence-electron chi connectivity index (χ3n) is 5.19. The molecule has 2 aromatic rings. The van der Waals surface area contributed by atoms with Gasteiger partial charge in [0, 0.05) is 32.1 Å². The van der Waals surface area contributed by atoms with Gasteiger partial charge in [-0.05, 0) is 49.4 Å². The highest BCUT2D eigenvalue weighted by molar-refractivity contribution is 7.90. The number of benzene rings is 2. The summed E-state index contributed by atoms with van der Waals surface area (Å²) in [7, 11) is -1.94. The van der Waals surface area contributed by atoms with Gasteiger partial charge in [-0.25, -0.2) is 0 Å². The number of likely N-dealkylation sites (tertiary alicyclic amines) is 1. The zero-order valence-electron chi connectivity index (χ0n) is 17.4. The van der Waals surface area contributed by atoms with Gasteiger partial charge in [-0.1, -0.05) is 42.8 Å². The number of sulfonamides is 1. The van der Waals surface area contributed by atoms with Gasteiger partial charge in [-0.3, -0.25) is 4.79 Å². The molecule has 6 nitrogen and oxygen atoms in total. The topological polar surface area (TPSA) is 78.8 Å². The zero-order chi connectivity index (χ0) is 21.4. The van der Waals surface area contributed by atoms with Gasteiger partial charge in [-0.15, -0.1) is 4.40 Å². The Labute approximate surface area is 179 Å². The highest BCUT2D eigenvalue weighted by Gasteiger charge is 2.19. The van der Waals surface area contributed by atoms with Crippen molar-refractivity contribution in [2.45, 2.75) is 49.8 Å². The van der Waals surface area contributed by atoms with Crippen LogP contribution < -0.4 is 5.32 Å². The molecule has 1 aliphatic heterocycles. The Kier molecular flexibility index (Phi) is 7.63. The number of nitrogens with one attached hydrogen (secondary N) is 1. The lowest BCUT2D eigenvalue weighted by Crippen LogP contribution is -2.26. The van der Waals surface area contributed by atoms with E-state index in [-0.39, 0.29) is 10.8 Å². The van der Waals surface area contributed by atoms with Crippen LogP contribution in [0, 0.1) is 0 Å². The van der Waals surface area contributed by atoms with Crippen LogP contribution in [0.2, 0.25) is 0 Å². The number of aryl methyl sites for hydroxylation is 1. The molecule has 1 N–H and O–H groups in total. The second-order valence-electron chi connectivity index (χ2n) is 7.63. The van der Waals surface area contributed by atoms with E-state index in [1.807, 2.05) is 42.3 Å². The first-order chi connectivity index (χ1) is 14.4. The first-order valence-corrected chi connectivity index (χ1v) is 11.9. The molecule has 7 heteroatoms. The molecule has 1 heterocycles. The number of carbonyl (C=O) groups excluding carboxylic acids is 1. The van der Waals surface area contributed by atoms with Gasteiger partial charge < -0.3 is 10.2 Å². The molecule has 1 aliphatic rings. The van der Waals surface area contributed by atoms with Crippen LogP contribution in [0.3, 0.4) is 0 Å². The van der Waals surface area contributed by atoms with Crippen molar-refractivity contribution < 1.29 is 13.2 Å². The summed E-state index contributed by atoms with van der Waals surface area (Å²) < 4.78 is 29.7. The van der Waals surface area contributed by atoms with E-state index in [9.17, 15) is 13.2 Å². The third-order valence-corrected chi connectivity index (χ3v) is 6.49. The maximum absolute atomic E-state index is 12.8. The monoisotopic (exact) mass is 427 g/mol. The number of nitrogens with zero attached hydrogens (tertiary/aromatic N) is 2. The summed E-state index contributed by atoms with van der Waals surface area (Å²) in [6, 6.07) is 16.3. The Morgan fingerprint density at radius 1 is 1.07 bits per heavy atom. The zero-order valence-corrected chi connectivity index (χ0v) is 18.2. The van der Waals surface area contributed by atoms with Crippen molar-refractivity contribution in [3.05, 3.63) is 60.2 Å². The molecular weight excluding hydrogens is 398 g/mol. The van der Waals surface area contributed by atoms with E-state index in [4.69, 9.17) is 0 Å². The fourth-order valence-corrected chi connectivity index (χ4v) is 4.63. The molecule has 1 fully saturated rings. The van der Waals surface area contributed by atoms with Gasteiger partial charge in [-0.2, -0.15) is 8.42 Å². The van der Waals surface area contributed by atoms with Gasteiger partial charge in [0.15, 0.2) is 0 Å². The Bertz CT molecular complexity index is 988. The van der Waals surface area contributed by atoms with Crippen molar-refractivity contribution in [2.75, 3.05) is 18.9 Å². The van der Waals surface area contributed by atoms with Crippen LogP contribution in [-0.4, -0.2) is 38.7 Å². The second-order valence-corrected chi connectivity index (χ2v) is 9.23. The number of hydrogen-bond acceptors (Lipinski definition) is 3. The molecule has 0 atom stereocenters. The first-order valence-electron chi connectivity index (χ1n) is 10.4. The predicted molar refractivity (Wildman–Crippen MR) is 120 cm³/mol. The number of carbonyl (C=O) groups is 1. The standard InChI is InChI=1S/C23H29N3O3S/c1-26-17-7-3-6-15-22(26)25-30(28,29)21-14-9-13-20(18-21)24-23(27)16-8-12-19-10-4-2-5-11-19/h2,4-5,9-11,13-14,18H,3,6-8,12,15-17H2,1H3,(H,24,27)/b25-22+. The number of amidine groups is 1. The SMILES string of the molecule is CN1CCCCC/C1=N\S(=O)(=O)c1cccc(NC(=O)CCCc2ccccc2)c1. The molecule has 2 aromatic carbocycles. The van der Waals surface area contributed by atoms with E-state index >= 15 is 0 Å². The van der Waals surface area contributed by atoms with Gasteiger partial charge in [0.25, 0.3) is 10.0 Å². The molecule has 0 aliphatic carbocycles. The predicted octanol–water partition coefficient (Wildman–Crippen LogP) is 4.24. The minimum Gasteiger partial charge on any atom is -0.362 e. The van der Waals surface area contributed by atoms with Gasteiger partial charge in [0.2, 0.25) is 5.91 Å². The molecule has 1 saturated heterocycles. The first kappa shape index (κ1) is 22.0. The normalized spacial score (nSPS) is 16.3. The summed E-state index contributed by atoms with van der Waals surface area (Å²) in [6.07, 6.45) is 5.66. The molecule has 0 radical (unpaired) electrons. The van der Waals surface area contributed by atoms with E-state index in [2.05, 4.69) is 9.71 Å². The summed E-state index contributed by atoms with van der Waals surface area (Å²) in [5, 5.41) is 2.80. The largest absolute Gasteiger partial charge is 0.362 e. The van der Waals surface area contributed by atoms with Crippen molar-refractivity contribution >= 4 is 27.5 Å². The number of rotatable bonds is 7. The molecule has 0 bridgehead atoms. The molecule has 3 rings (SSSR count). The molecular formula is C23H29N3O3S. The summed E-state index contributed by atoms with van der Waals surface area (Å²) in [5.41, 5.74) is 1.66. The fourth-order valence-electron chi connectivity index (χ4n) is 3.49. The van der Waals surface area contributed by atoms with Gasteiger partial charge in [0.05, 0.1) is 4.90 Å². The molecule has 0 unspecified atom stereocenters. The molecule has 1 amide bonds. The Hall–Kier alpha value is -2.67. The van der Waals surface area contributed by atoms with Crippen LogP contribution >= 0.6 is 0 Å². The lowest BCUT2D eigenvalue weighted by atomic mass is 10.1. The summed E-state index contributed by atoms with van der Waals surface area (Å²) in [5.74, 6) is 0.471. The lowest BCUT2D eigenvalue weighted by molar-refractivity contribution is -0.116. The third kappa shape index (κ3) is 6.42. The average Bonchev–Trinajstić information content (AvgIpc) is 2.93. The van der Waals surface area contributed by atoms with Crippen molar-refractivity contribution in [2.24, 2.45) is 4.40 Å². The van der Waals surface area contributed by atoms with Gasteiger partial charge >= 0.3 is 0 Å². The van der Waals surface area contributed by atoms with E-state index in [1.54, 1.807) is 12.1 Å². The van der Waals surface area contributed by atoms with Crippen LogP contribution in [0.15, 0.2) is 63.9 Å². The van der Waals surface area contributed by atoms with Crippen LogP contribution in [0.5, 0.6) is 0 Å². The summed E-state index contributed by atoms with van der Waals surface area (Å²) in [6.45, 7) is 0.813.